The van der Waals surface area contributed by atoms with Crippen molar-refractivity contribution < 1.29 is 0 Å². The summed E-state index contributed by atoms with van der Waals surface area (Å²) in [6.45, 7) is 4.66. The molecule has 292 valence electrons. The predicted octanol–water partition coefficient (Wildman–Crippen LogP) is 15.0. The smallest absolute Gasteiger partial charge is 0.161 e. The van der Waals surface area contributed by atoms with Crippen LogP contribution in [0.4, 0.5) is 0 Å². The van der Waals surface area contributed by atoms with E-state index in [9.17, 15) is 0 Å². The molecule has 2 heteroatoms. The molecule has 10 aromatic rings. The van der Waals surface area contributed by atoms with E-state index in [1.165, 1.54) is 66.8 Å². The van der Waals surface area contributed by atoms with Crippen molar-refractivity contribution in [1.82, 2.24) is 9.97 Å². The largest absolute Gasteiger partial charge is 0.228 e. The SMILES string of the molecule is CC1(C)c2ccccc2-c2ccc(-c3cc(-c4ccccc4)nc(-c4ccc(-c5ccc6c(c5)C(c5ccccc5)(c5ccccc5)c5ccccc5-6)c5ccccc45)n3)cc21. The zero-order chi connectivity index (χ0) is 41.4. The van der Waals surface area contributed by atoms with Crippen molar-refractivity contribution >= 4 is 10.8 Å². The van der Waals surface area contributed by atoms with E-state index in [-0.39, 0.29) is 5.41 Å². The summed E-state index contributed by atoms with van der Waals surface area (Å²) in [7, 11) is 0. The van der Waals surface area contributed by atoms with E-state index in [2.05, 4.69) is 232 Å². The average Bonchev–Trinajstić information content (AvgIpc) is 3.76. The second kappa shape index (κ2) is 13.9. The molecule has 0 amide bonds. The van der Waals surface area contributed by atoms with Gasteiger partial charge in [0.1, 0.15) is 0 Å². The molecule has 1 heterocycles. The second-order valence-electron chi connectivity index (χ2n) is 17.3. The summed E-state index contributed by atoms with van der Waals surface area (Å²) in [5.41, 5.74) is 19.7. The van der Waals surface area contributed by atoms with Gasteiger partial charge in [0.2, 0.25) is 0 Å². The maximum Gasteiger partial charge on any atom is 0.161 e. The maximum atomic E-state index is 5.42. The quantitative estimate of drug-likeness (QED) is 0.168. The zero-order valence-electron chi connectivity index (χ0n) is 34.7. The third kappa shape index (κ3) is 5.36. The summed E-state index contributed by atoms with van der Waals surface area (Å²) in [4.78, 5) is 10.8. The molecule has 0 spiro atoms. The molecule has 0 saturated heterocycles. The summed E-state index contributed by atoms with van der Waals surface area (Å²) >= 11 is 0. The van der Waals surface area contributed by atoms with Gasteiger partial charge in [-0.15, -0.1) is 0 Å². The molecule has 62 heavy (non-hydrogen) atoms. The van der Waals surface area contributed by atoms with Crippen LogP contribution in [0, 0.1) is 0 Å². The third-order valence-corrected chi connectivity index (χ3v) is 13.6. The van der Waals surface area contributed by atoms with Crippen LogP contribution in [0.3, 0.4) is 0 Å². The number of hydrogen-bond acceptors (Lipinski definition) is 2. The van der Waals surface area contributed by atoms with Crippen molar-refractivity contribution in [2.45, 2.75) is 24.7 Å². The van der Waals surface area contributed by atoms with E-state index >= 15 is 0 Å². The van der Waals surface area contributed by atoms with Gasteiger partial charge in [0.25, 0.3) is 0 Å². The Hall–Kier alpha value is -7.68. The minimum atomic E-state index is -0.474. The molecule has 0 unspecified atom stereocenters. The minimum absolute atomic E-state index is 0.117. The topological polar surface area (TPSA) is 25.8 Å². The highest BCUT2D eigenvalue weighted by Gasteiger charge is 2.46. The van der Waals surface area contributed by atoms with E-state index < -0.39 is 5.41 Å². The molecule has 2 aliphatic carbocycles. The van der Waals surface area contributed by atoms with E-state index in [4.69, 9.17) is 9.97 Å². The Balaban J connectivity index is 1.04. The first-order chi connectivity index (χ1) is 30.5. The van der Waals surface area contributed by atoms with Gasteiger partial charge >= 0.3 is 0 Å². The van der Waals surface area contributed by atoms with Gasteiger partial charge in [-0.05, 0) is 102 Å². The number of rotatable bonds is 6. The highest BCUT2D eigenvalue weighted by molar-refractivity contribution is 6.05. The third-order valence-electron chi connectivity index (χ3n) is 13.6. The van der Waals surface area contributed by atoms with Crippen LogP contribution in [0.25, 0.3) is 78.1 Å². The minimum Gasteiger partial charge on any atom is -0.228 e. The summed E-state index contributed by atoms with van der Waals surface area (Å²) in [6, 6.07) is 79.7. The number of aromatic nitrogens is 2. The fourth-order valence-electron chi connectivity index (χ4n) is 10.7. The van der Waals surface area contributed by atoms with Crippen molar-refractivity contribution in [2.75, 3.05) is 0 Å². The van der Waals surface area contributed by atoms with Crippen molar-refractivity contribution in [3.8, 4) is 67.3 Å². The Morgan fingerprint density at radius 2 is 0.758 bits per heavy atom. The van der Waals surface area contributed by atoms with Crippen molar-refractivity contribution in [3.05, 3.63) is 252 Å². The summed E-state index contributed by atoms with van der Waals surface area (Å²) in [5, 5.41) is 2.28. The Kier molecular flexibility index (Phi) is 8.14. The van der Waals surface area contributed by atoms with Crippen LogP contribution in [0.1, 0.15) is 47.2 Å². The lowest BCUT2D eigenvalue weighted by molar-refractivity contribution is 0.660. The monoisotopic (exact) mass is 790 g/mol. The van der Waals surface area contributed by atoms with E-state index in [1.807, 2.05) is 0 Å². The normalized spacial score (nSPS) is 13.9. The number of benzene rings is 9. The van der Waals surface area contributed by atoms with Gasteiger partial charge in [0, 0.05) is 22.1 Å². The van der Waals surface area contributed by atoms with Crippen LogP contribution in [0.15, 0.2) is 218 Å². The standard InChI is InChI=1S/C60H42N2/c1-59(2)52-28-16-14-26-47(52)49-33-31-41(37-54(49)59)57-38-56(39-18-6-3-7-19-39)61-58(62-57)51-35-34-44(45-24-12-13-25-46(45)51)40-30-32-50-48-27-15-17-29-53(48)60(55(50)36-40,42-20-8-4-9-21-42)43-22-10-5-11-23-43/h3-38H,1-2H3. The van der Waals surface area contributed by atoms with Crippen LogP contribution >= 0.6 is 0 Å². The average molecular weight is 791 g/mol. The molecule has 1 aromatic heterocycles. The van der Waals surface area contributed by atoms with E-state index in [0.29, 0.717) is 5.82 Å². The molecule has 0 radical (unpaired) electrons. The fraction of sp³-hybridized carbons (Fsp3) is 0.0667. The van der Waals surface area contributed by atoms with Gasteiger partial charge in [-0.25, -0.2) is 9.97 Å². The van der Waals surface area contributed by atoms with Gasteiger partial charge in [0.05, 0.1) is 16.8 Å². The summed E-state index contributed by atoms with van der Waals surface area (Å²) < 4.78 is 0. The second-order valence-corrected chi connectivity index (χ2v) is 17.3. The highest BCUT2D eigenvalue weighted by atomic mass is 14.9. The molecule has 2 aliphatic rings. The lowest BCUT2D eigenvalue weighted by atomic mass is 9.67. The number of fused-ring (bicyclic) bond motifs is 7. The van der Waals surface area contributed by atoms with Crippen molar-refractivity contribution in [2.24, 2.45) is 0 Å². The Bertz CT molecular complexity index is 3330. The zero-order valence-corrected chi connectivity index (χ0v) is 34.7. The van der Waals surface area contributed by atoms with Gasteiger partial charge in [-0.2, -0.15) is 0 Å². The number of nitrogens with zero attached hydrogens (tertiary/aromatic N) is 2. The fourth-order valence-corrected chi connectivity index (χ4v) is 10.7. The molecule has 12 rings (SSSR count). The molecule has 2 nitrogen and oxygen atoms in total. The first-order valence-electron chi connectivity index (χ1n) is 21.6. The van der Waals surface area contributed by atoms with Crippen LogP contribution < -0.4 is 0 Å². The van der Waals surface area contributed by atoms with E-state index in [0.717, 1.165) is 38.9 Å². The van der Waals surface area contributed by atoms with Gasteiger partial charge in [-0.3, -0.25) is 0 Å². The van der Waals surface area contributed by atoms with Gasteiger partial charge in [0.15, 0.2) is 5.82 Å². The Morgan fingerprint density at radius 1 is 0.306 bits per heavy atom. The maximum absolute atomic E-state index is 5.42. The summed E-state index contributed by atoms with van der Waals surface area (Å²) in [6.07, 6.45) is 0. The van der Waals surface area contributed by atoms with Crippen LogP contribution in [0.2, 0.25) is 0 Å². The molecular weight excluding hydrogens is 749 g/mol. The first-order valence-corrected chi connectivity index (χ1v) is 21.6. The molecule has 0 aliphatic heterocycles. The lowest BCUT2D eigenvalue weighted by Crippen LogP contribution is -2.28. The van der Waals surface area contributed by atoms with Crippen LogP contribution in [-0.4, -0.2) is 9.97 Å². The highest BCUT2D eigenvalue weighted by Crippen LogP contribution is 2.57. The first kappa shape index (κ1) is 36.2. The van der Waals surface area contributed by atoms with Crippen LogP contribution in [-0.2, 0) is 10.8 Å². The van der Waals surface area contributed by atoms with E-state index in [1.54, 1.807) is 0 Å². The Labute approximate surface area is 362 Å². The molecule has 0 fully saturated rings. The van der Waals surface area contributed by atoms with Crippen molar-refractivity contribution in [3.63, 3.8) is 0 Å². The van der Waals surface area contributed by atoms with Gasteiger partial charge in [-0.1, -0.05) is 208 Å². The lowest BCUT2D eigenvalue weighted by Gasteiger charge is -2.34. The predicted molar refractivity (Wildman–Crippen MR) is 256 cm³/mol. The molecule has 0 atom stereocenters. The van der Waals surface area contributed by atoms with Crippen LogP contribution in [0.5, 0.6) is 0 Å². The molecular formula is C60H42N2. The molecule has 0 N–H and O–H groups in total. The molecule has 0 saturated carbocycles. The number of hydrogen-bond donors (Lipinski definition) is 0. The van der Waals surface area contributed by atoms with Crippen molar-refractivity contribution in [1.29, 1.82) is 0 Å². The van der Waals surface area contributed by atoms with Gasteiger partial charge < -0.3 is 0 Å². The molecule has 0 bridgehead atoms. The summed E-state index contributed by atoms with van der Waals surface area (Å²) in [5.74, 6) is 0.712. The Morgan fingerprint density at radius 3 is 1.44 bits per heavy atom. The molecule has 9 aromatic carbocycles.